The summed E-state index contributed by atoms with van der Waals surface area (Å²) in [7, 11) is 1.70. The second-order valence-corrected chi connectivity index (χ2v) is 7.06. The third-order valence-corrected chi connectivity index (χ3v) is 4.12. The first-order valence-corrected chi connectivity index (χ1v) is 8.76. The van der Waals surface area contributed by atoms with Gasteiger partial charge in [-0.25, -0.2) is 0 Å². The quantitative estimate of drug-likeness (QED) is 0.737. The average Bonchev–Trinajstić information content (AvgIpc) is 2.93. The summed E-state index contributed by atoms with van der Waals surface area (Å²) in [5.41, 5.74) is 2.53. The van der Waals surface area contributed by atoms with Crippen molar-refractivity contribution in [3.05, 3.63) is 53.9 Å². The highest BCUT2D eigenvalue weighted by molar-refractivity contribution is 5.29. The molecule has 0 bridgehead atoms. The largest absolute Gasteiger partial charge is 0.497 e. The minimum Gasteiger partial charge on any atom is -0.497 e. The minimum atomic E-state index is -0.277. The maximum Gasteiger partial charge on any atom is 0.119 e. The van der Waals surface area contributed by atoms with Gasteiger partial charge in [0.05, 0.1) is 19.3 Å². The summed E-state index contributed by atoms with van der Waals surface area (Å²) in [4.78, 5) is 1.42. The number of hydrogen-bond donors (Lipinski definition) is 2. The van der Waals surface area contributed by atoms with E-state index in [0.717, 1.165) is 31.9 Å². The second kappa shape index (κ2) is 8.90. The zero-order valence-electron chi connectivity index (χ0n) is 15.3. The Kier molecular flexibility index (Phi) is 6.88. The standard InChI is InChI=1S/C20H30N2O2/c1-16(2)12-21(13-17(3)23)15-19-8-6-10-22(19)14-18-7-5-9-20(11-18)24-4/h5-11,16-17,23H,12-15H2,1-4H3/p+1/t17-/m1/s1. The molecule has 0 saturated carbocycles. The summed E-state index contributed by atoms with van der Waals surface area (Å²) in [6.45, 7) is 9.95. The van der Waals surface area contributed by atoms with Gasteiger partial charge in [-0.1, -0.05) is 26.0 Å². The number of methoxy groups -OCH3 is 1. The zero-order chi connectivity index (χ0) is 17.5. The molecule has 2 atom stereocenters. The van der Waals surface area contributed by atoms with Crippen LogP contribution in [0.25, 0.3) is 0 Å². The van der Waals surface area contributed by atoms with Crippen LogP contribution in [0.3, 0.4) is 0 Å². The molecule has 0 aliphatic heterocycles. The average molecular weight is 331 g/mol. The van der Waals surface area contributed by atoms with Crippen molar-refractivity contribution in [1.82, 2.24) is 4.57 Å². The molecule has 2 rings (SSSR count). The number of nitrogens with zero attached hydrogens (tertiary/aromatic N) is 1. The summed E-state index contributed by atoms with van der Waals surface area (Å²) in [5.74, 6) is 1.50. The first-order valence-electron chi connectivity index (χ1n) is 8.76. The molecule has 4 heteroatoms. The fourth-order valence-electron chi connectivity index (χ4n) is 3.21. The number of benzene rings is 1. The van der Waals surface area contributed by atoms with Crippen molar-refractivity contribution >= 4 is 0 Å². The highest BCUT2D eigenvalue weighted by atomic mass is 16.5. The van der Waals surface area contributed by atoms with E-state index in [1.54, 1.807) is 7.11 Å². The van der Waals surface area contributed by atoms with Crippen molar-refractivity contribution in [1.29, 1.82) is 0 Å². The molecule has 1 aromatic carbocycles. The Morgan fingerprint density at radius 1 is 1.12 bits per heavy atom. The highest BCUT2D eigenvalue weighted by Gasteiger charge is 2.16. The van der Waals surface area contributed by atoms with Crippen LogP contribution >= 0.6 is 0 Å². The first-order chi connectivity index (χ1) is 11.5. The lowest BCUT2D eigenvalue weighted by Gasteiger charge is -2.23. The van der Waals surface area contributed by atoms with Gasteiger partial charge >= 0.3 is 0 Å². The Hall–Kier alpha value is -1.78. The third kappa shape index (κ3) is 5.69. The molecule has 0 fully saturated rings. The van der Waals surface area contributed by atoms with E-state index in [2.05, 4.69) is 48.9 Å². The van der Waals surface area contributed by atoms with Gasteiger partial charge in [-0.3, -0.25) is 0 Å². The molecule has 0 aliphatic carbocycles. The first kappa shape index (κ1) is 18.6. The van der Waals surface area contributed by atoms with Crippen LogP contribution in [0, 0.1) is 5.92 Å². The van der Waals surface area contributed by atoms with E-state index >= 15 is 0 Å². The number of nitrogens with one attached hydrogen (secondary N) is 1. The SMILES string of the molecule is COc1cccc(Cn2cccc2C[NH+](CC(C)C)C[C@@H](C)O)c1. The Labute approximate surface area is 145 Å². The van der Waals surface area contributed by atoms with Gasteiger partial charge in [-0.05, 0) is 36.8 Å². The maximum absolute atomic E-state index is 9.78. The van der Waals surface area contributed by atoms with Crippen LogP contribution in [0.5, 0.6) is 5.75 Å². The van der Waals surface area contributed by atoms with Crippen LogP contribution in [0.1, 0.15) is 32.0 Å². The molecule has 0 amide bonds. The molecule has 0 saturated heterocycles. The fraction of sp³-hybridized carbons (Fsp3) is 0.500. The van der Waals surface area contributed by atoms with E-state index in [9.17, 15) is 5.11 Å². The monoisotopic (exact) mass is 331 g/mol. The van der Waals surface area contributed by atoms with Crippen molar-refractivity contribution in [2.75, 3.05) is 20.2 Å². The number of aliphatic hydroxyl groups excluding tert-OH is 1. The normalized spacial score (nSPS) is 13.9. The van der Waals surface area contributed by atoms with Gasteiger partial charge in [-0.15, -0.1) is 0 Å². The van der Waals surface area contributed by atoms with Gasteiger partial charge in [-0.2, -0.15) is 0 Å². The van der Waals surface area contributed by atoms with Crippen molar-refractivity contribution in [2.24, 2.45) is 5.92 Å². The number of aliphatic hydroxyl groups is 1. The Bertz CT molecular complexity index is 610. The van der Waals surface area contributed by atoms with Gasteiger partial charge in [0.1, 0.15) is 24.9 Å². The molecule has 0 spiro atoms. The van der Waals surface area contributed by atoms with Crippen LogP contribution in [0.2, 0.25) is 0 Å². The number of quaternary nitrogens is 1. The van der Waals surface area contributed by atoms with Crippen LogP contribution in [0.4, 0.5) is 0 Å². The molecular weight excluding hydrogens is 300 g/mol. The fourth-order valence-corrected chi connectivity index (χ4v) is 3.21. The van der Waals surface area contributed by atoms with E-state index in [4.69, 9.17) is 4.74 Å². The van der Waals surface area contributed by atoms with Crippen molar-refractivity contribution in [3.8, 4) is 5.75 Å². The van der Waals surface area contributed by atoms with Gasteiger partial charge < -0.3 is 19.3 Å². The molecule has 1 aromatic heterocycles. The second-order valence-electron chi connectivity index (χ2n) is 7.06. The summed E-state index contributed by atoms with van der Waals surface area (Å²) < 4.78 is 7.60. The van der Waals surface area contributed by atoms with Gasteiger partial charge in [0.15, 0.2) is 0 Å². The molecule has 1 unspecified atom stereocenters. The smallest absolute Gasteiger partial charge is 0.119 e. The third-order valence-electron chi connectivity index (χ3n) is 4.12. The zero-order valence-corrected chi connectivity index (χ0v) is 15.3. The lowest BCUT2D eigenvalue weighted by molar-refractivity contribution is -0.920. The molecule has 2 aromatic rings. The lowest BCUT2D eigenvalue weighted by atomic mass is 10.2. The van der Waals surface area contributed by atoms with Crippen molar-refractivity contribution < 1.29 is 14.7 Å². The highest BCUT2D eigenvalue weighted by Crippen LogP contribution is 2.14. The Balaban J connectivity index is 2.10. The van der Waals surface area contributed by atoms with E-state index in [1.807, 2.05) is 19.1 Å². The molecule has 2 N–H and O–H groups in total. The topological polar surface area (TPSA) is 38.8 Å². The van der Waals surface area contributed by atoms with E-state index in [1.165, 1.54) is 16.2 Å². The predicted octanol–water partition coefficient (Wildman–Crippen LogP) is 1.97. The minimum absolute atomic E-state index is 0.277. The van der Waals surface area contributed by atoms with Crippen LogP contribution in [-0.2, 0) is 13.1 Å². The molecule has 132 valence electrons. The Morgan fingerprint density at radius 3 is 2.58 bits per heavy atom. The maximum atomic E-state index is 9.78. The number of ether oxygens (including phenoxy) is 1. The van der Waals surface area contributed by atoms with Gasteiger partial charge in [0.2, 0.25) is 0 Å². The van der Waals surface area contributed by atoms with Crippen LogP contribution in [-0.4, -0.2) is 36.0 Å². The van der Waals surface area contributed by atoms with Gasteiger partial charge in [0, 0.05) is 18.7 Å². The molecule has 0 aliphatic rings. The van der Waals surface area contributed by atoms with E-state index < -0.39 is 0 Å². The summed E-state index contributed by atoms with van der Waals surface area (Å²) in [6, 6.07) is 12.5. The number of aromatic nitrogens is 1. The lowest BCUT2D eigenvalue weighted by Crippen LogP contribution is -3.12. The van der Waals surface area contributed by atoms with Crippen molar-refractivity contribution in [3.63, 3.8) is 0 Å². The van der Waals surface area contributed by atoms with E-state index in [0.29, 0.717) is 5.92 Å². The Morgan fingerprint density at radius 2 is 1.92 bits per heavy atom. The molecule has 4 nitrogen and oxygen atoms in total. The predicted molar refractivity (Wildman–Crippen MR) is 97.4 cm³/mol. The van der Waals surface area contributed by atoms with E-state index in [-0.39, 0.29) is 6.10 Å². The van der Waals surface area contributed by atoms with Crippen LogP contribution in [0.15, 0.2) is 42.6 Å². The number of rotatable bonds is 9. The molecule has 1 heterocycles. The number of hydrogen-bond acceptors (Lipinski definition) is 2. The summed E-state index contributed by atoms with van der Waals surface area (Å²) in [5, 5.41) is 9.78. The molecule has 0 radical (unpaired) electrons. The van der Waals surface area contributed by atoms with Crippen molar-refractivity contribution in [2.45, 2.75) is 40.0 Å². The summed E-state index contributed by atoms with van der Waals surface area (Å²) in [6.07, 6.45) is 1.85. The van der Waals surface area contributed by atoms with Crippen LogP contribution < -0.4 is 9.64 Å². The van der Waals surface area contributed by atoms with Gasteiger partial charge in [0.25, 0.3) is 0 Å². The summed E-state index contributed by atoms with van der Waals surface area (Å²) >= 11 is 0. The molecule has 24 heavy (non-hydrogen) atoms. The molecular formula is C20H31N2O2+.